The molecule has 0 bridgehead atoms. The van der Waals surface area contributed by atoms with E-state index in [1.807, 2.05) is 19.1 Å². The summed E-state index contributed by atoms with van der Waals surface area (Å²) in [4.78, 5) is 12.5. The maximum Gasteiger partial charge on any atom is 0.255 e. The Bertz CT molecular complexity index is 810. The third kappa shape index (κ3) is 3.78. The molecule has 0 aromatic heterocycles. The molecule has 2 aromatic carbocycles. The molecule has 24 heavy (non-hydrogen) atoms. The Labute approximate surface area is 145 Å². The summed E-state index contributed by atoms with van der Waals surface area (Å²) in [5.74, 6) is 1.19. The fourth-order valence-electron chi connectivity index (χ4n) is 2.28. The van der Waals surface area contributed by atoms with Gasteiger partial charge in [0.2, 0.25) is 0 Å². The molecule has 1 N–H and O–H groups in total. The largest absolute Gasteiger partial charge is 0.494 e. The Kier molecular flexibility index (Phi) is 4.87. The average molecular weight is 342 g/mol. The van der Waals surface area contributed by atoms with E-state index >= 15 is 0 Å². The number of hydrogen-bond acceptors (Lipinski definition) is 3. The van der Waals surface area contributed by atoms with E-state index in [2.05, 4.69) is 5.32 Å². The van der Waals surface area contributed by atoms with Crippen LogP contribution >= 0.6 is 11.6 Å². The summed E-state index contributed by atoms with van der Waals surface area (Å²) < 4.78 is 10.9. The van der Waals surface area contributed by atoms with Crippen molar-refractivity contribution in [3.8, 4) is 11.5 Å². The van der Waals surface area contributed by atoms with E-state index in [-0.39, 0.29) is 5.91 Å². The van der Waals surface area contributed by atoms with Gasteiger partial charge in [-0.25, -0.2) is 0 Å². The molecule has 1 amide bonds. The average Bonchev–Trinajstić information content (AvgIpc) is 2.79. The molecular formula is C19H16ClNO3. The maximum absolute atomic E-state index is 12.5. The molecule has 0 spiro atoms. The van der Waals surface area contributed by atoms with Crippen LogP contribution in [0.15, 0.2) is 60.4 Å². The third-order valence-electron chi connectivity index (χ3n) is 3.41. The topological polar surface area (TPSA) is 47.6 Å². The van der Waals surface area contributed by atoms with E-state index in [1.165, 1.54) is 6.26 Å². The van der Waals surface area contributed by atoms with Gasteiger partial charge in [0.15, 0.2) is 0 Å². The van der Waals surface area contributed by atoms with Gasteiger partial charge in [-0.1, -0.05) is 11.6 Å². The van der Waals surface area contributed by atoms with Crippen LogP contribution in [0.4, 0.5) is 5.69 Å². The van der Waals surface area contributed by atoms with E-state index in [4.69, 9.17) is 21.1 Å². The highest BCUT2D eigenvalue weighted by atomic mass is 35.5. The van der Waals surface area contributed by atoms with Crippen LogP contribution in [-0.4, -0.2) is 12.5 Å². The van der Waals surface area contributed by atoms with Gasteiger partial charge in [0.25, 0.3) is 5.91 Å². The lowest BCUT2D eigenvalue weighted by atomic mass is 10.1. The first kappa shape index (κ1) is 16.1. The summed E-state index contributed by atoms with van der Waals surface area (Å²) in [6.07, 6.45) is 4.86. The molecular weight excluding hydrogens is 326 g/mol. The van der Waals surface area contributed by atoms with Crippen molar-refractivity contribution in [1.29, 1.82) is 0 Å². The summed E-state index contributed by atoms with van der Waals surface area (Å²) >= 11 is 6.01. The Morgan fingerprint density at radius 3 is 2.75 bits per heavy atom. The van der Waals surface area contributed by atoms with Gasteiger partial charge in [-0.2, -0.15) is 0 Å². The Morgan fingerprint density at radius 1 is 1.21 bits per heavy atom. The quantitative estimate of drug-likeness (QED) is 0.879. The summed E-state index contributed by atoms with van der Waals surface area (Å²) in [6, 6.07) is 12.5. The summed E-state index contributed by atoms with van der Waals surface area (Å²) in [7, 11) is 0. The van der Waals surface area contributed by atoms with Crippen molar-refractivity contribution < 1.29 is 14.3 Å². The van der Waals surface area contributed by atoms with Crippen molar-refractivity contribution in [2.45, 2.75) is 6.92 Å². The number of carbonyl (C=O) groups excluding carboxylic acids is 1. The van der Waals surface area contributed by atoms with Crippen LogP contribution in [0.1, 0.15) is 12.5 Å². The molecule has 1 aliphatic heterocycles. The lowest BCUT2D eigenvalue weighted by molar-refractivity contribution is -0.112. The highest BCUT2D eigenvalue weighted by Gasteiger charge is 2.12. The van der Waals surface area contributed by atoms with Gasteiger partial charge >= 0.3 is 0 Å². The molecule has 122 valence electrons. The van der Waals surface area contributed by atoms with Gasteiger partial charge < -0.3 is 14.8 Å². The van der Waals surface area contributed by atoms with Crippen molar-refractivity contribution in [3.05, 3.63) is 71.0 Å². The number of benzene rings is 2. The van der Waals surface area contributed by atoms with Gasteiger partial charge in [-0.3, -0.25) is 4.79 Å². The third-order valence-corrected chi connectivity index (χ3v) is 3.65. The molecule has 0 unspecified atom stereocenters. The number of amides is 1. The normalized spacial score (nSPS) is 12.5. The lowest BCUT2D eigenvalue weighted by Gasteiger charge is -2.07. The van der Waals surface area contributed by atoms with Crippen molar-refractivity contribution in [2.24, 2.45) is 0 Å². The van der Waals surface area contributed by atoms with E-state index in [1.54, 1.807) is 42.5 Å². The van der Waals surface area contributed by atoms with E-state index in [9.17, 15) is 4.79 Å². The van der Waals surface area contributed by atoms with Crippen LogP contribution < -0.4 is 14.8 Å². The minimum atomic E-state index is -0.230. The number of hydrogen-bond donors (Lipinski definition) is 1. The molecule has 0 saturated heterocycles. The second kappa shape index (κ2) is 7.23. The summed E-state index contributed by atoms with van der Waals surface area (Å²) in [5.41, 5.74) is 1.92. The number of fused-ring (bicyclic) bond motifs is 1. The predicted octanol–water partition coefficient (Wildman–Crippen LogP) is 4.67. The second-order valence-corrected chi connectivity index (χ2v) is 5.55. The molecule has 0 aliphatic carbocycles. The zero-order valence-corrected chi connectivity index (χ0v) is 13.8. The molecule has 2 aromatic rings. The SMILES string of the molecule is CCOc1ccc(NC(=O)C2=Cc3cc(Cl)ccc3OC=C2)cc1. The fourth-order valence-corrected chi connectivity index (χ4v) is 2.46. The van der Waals surface area contributed by atoms with Gasteiger partial charge in [-0.05, 0) is 61.5 Å². The first-order chi connectivity index (χ1) is 11.7. The minimum Gasteiger partial charge on any atom is -0.494 e. The predicted molar refractivity (Wildman–Crippen MR) is 95.4 cm³/mol. The van der Waals surface area contributed by atoms with Crippen LogP contribution in [0.25, 0.3) is 6.08 Å². The number of halogens is 1. The standard InChI is InChI=1S/C19H16ClNO3/c1-2-23-17-6-4-16(5-7-17)21-19(22)13-9-10-24-18-8-3-15(20)12-14(18)11-13/h3-12H,2H2,1H3,(H,21,22). The van der Waals surface area contributed by atoms with Gasteiger partial charge in [-0.15, -0.1) is 0 Å². The highest BCUT2D eigenvalue weighted by Crippen LogP contribution is 2.28. The molecule has 0 atom stereocenters. The van der Waals surface area contributed by atoms with Crippen LogP contribution in [-0.2, 0) is 4.79 Å². The first-order valence-electron chi connectivity index (χ1n) is 7.54. The van der Waals surface area contributed by atoms with Gasteiger partial charge in [0.05, 0.1) is 12.9 Å². The molecule has 3 rings (SSSR count). The van der Waals surface area contributed by atoms with E-state index < -0.39 is 0 Å². The van der Waals surface area contributed by atoms with Crippen molar-refractivity contribution in [3.63, 3.8) is 0 Å². The van der Waals surface area contributed by atoms with Crippen LogP contribution in [0, 0.1) is 0 Å². The number of ether oxygens (including phenoxy) is 2. The maximum atomic E-state index is 12.5. The van der Waals surface area contributed by atoms with E-state index in [0.29, 0.717) is 28.6 Å². The monoisotopic (exact) mass is 341 g/mol. The van der Waals surface area contributed by atoms with Gasteiger partial charge in [0, 0.05) is 21.8 Å². The van der Waals surface area contributed by atoms with Crippen LogP contribution in [0.3, 0.4) is 0 Å². The Morgan fingerprint density at radius 2 is 2.00 bits per heavy atom. The Hall–Kier alpha value is -2.72. The zero-order valence-electron chi connectivity index (χ0n) is 13.1. The van der Waals surface area contributed by atoms with Crippen molar-refractivity contribution in [1.82, 2.24) is 0 Å². The summed E-state index contributed by atoms with van der Waals surface area (Å²) in [6.45, 7) is 2.53. The number of nitrogens with one attached hydrogen (secondary N) is 1. The molecule has 1 aliphatic rings. The van der Waals surface area contributed by atoms with Crippen LogP contribution in [0.5, 0.6) is 11.5 Å². The van der Waals surface area contributed by atoms with Gasteiger partial charge in [0.1, 0.15) is 11.5 Å². The first-order valence-corrected chi connectivity index (χ1v) is 7.92. The Balaban J connectivity index is 1.79. The number of rotatable bonds is 4. The molecule has 0 saturated carbocycles. The zero-order chi connectivity index (χ0) is 16.9. The lowest BCUT2D eigenvalue weighted by Crippen LogP contribution is -2.13. The van der Waals surface area contributed by atoms with E-state index in [0.717, 1.165) is 11.3 Å². The minimum absolute atomic E-state index is 0.230. The van der Waals surface area contributed by atoms with Crippen molar-refractivity contribution >= 4 is 29.3 Å². The molecule has 4 nitrogen and oxygen atoms in total. The molecule has 0 fully saturated rings. The molecule has 1 heterocycles. The number of anilines is 1. The number of carbonyl (C=O) groups is 1. The highest BCUT2D eigenvalue weighted by molar-refractivity contribution is 6.30. The molecule has 0 radical (unpaired) electrons. The van der Waals surface area contributed by atoms with Crippen molar-refractivity contribution in [2.75, 3.05) is 11.9 Å². The second-order valence-electron chi connectivity index (χ2n) is 5.11. The molecule has 5 heteroatoms. The smallest absolute Gasteiger partial charge is 0.255 e. The van der Waals surface area contributed by atoms with Crippen LogP contribution in [0.2, 0.25) is 5.02 Å². The fraction of sp³-hybridized carbons (Fsp3) is 0.105. The summed E-state index contributed by atoms with van der Waals surface area (Å²) in [5, 5.41) is 3.44.